The van der Waals surface area contributed by atoms with E-state index in [4.69, 9.17) is 23.7 Å². The molecule has 1 atom stereocenters. The molecular formula is C28H38N6O5. The van der Waals surface area contributed by atoms with E-state index in [0.717, 1.165) is 35.3 Å². The summed E-state index contributed by atoms with van der Waals surface area (Å²) in [5.74, 6) is 1.09. The van der Waals surface area contributed by atoms with Crippen LogP contribution in [0.1, 0.15) is 47.0 Å². The van der Waals surface area contributed by atoms with E-state index in [-0.39, 0.29) is 24.4 Å². The first kappa shape index (κ1) is 27.3. The normalized spacial score (nSPS) is 19.3. The lowest BCUT2D eigenvalue weighted by molar-refractivity contribution is -0.281. The number of nitrogens with one attached hydrogen (secondary N) is 1. The van der Waals surface area contributed by atoms with Crippen LogP contribution in [-0.4, -0.2) is 75.7 Å². The number of pyridine rings is 1. The highest BCUT2D eigenvalue weighted by atomic mass is 16.7. The van der Waals surface area contributed by atoms with Crippen LogP contribution in [0.2, 0.25) is 0 Å². The molecule has 0 aliphatic heterocycles. The number of anilines is 1. The molecule has 210 valence electrons. The predicted molar refractivity (Wildman–Crippen MR) is 148 cm³/mol. The lowest BCUT2D eigenvalue weighted by Crippen LogP contribution is -2.59. The van der Waals surface area contributed by atoms with Crippen molar-refractivity contribution in [2.24, 2.45) is 0 Å². The second-order valence-electron chi connectivity index (χ2n) is 11.2. The van der Waals surface area contributed by atoms with Gasteiger partial charge in [0.25, 0.3) is 0 Å². The fraction of sp³-hybridized carbons (Fsp3) is 0.536. The van der Waals surface area contributed by atoms with Crippen LogP contribution in [0.4, 0.5) is 5.82 Å². The van der Waals surface area contributed by atoms with E-state index in [2.05, 4.69) is 15.3 Å². The van der Waals surface area contributed by atoms with E-state index in [0.29, 0.717) is 30.3 Å². The third-order valence-corrected chi connectivity index (χ3v) is 6.77. The van der Waals surface area contributed by atoms with Gasteiger partial charge in [0.15, 0.2) is 11.4 Å². The van der Waals surface area contributed by atoms with Gasteiger partial charge in [0.05, 0.1) is 17.2 Å². The summed E-state index contributed by atoms with van der Waals surface area (Å²) in [6.07, 6.45) is 5.79. The number of ether oxygens (including phenoxy) is 3. The minimum Gasteiger partial charge on any atom is -0.473 e. The summed E-state index contributed by atoms with van der Waals surface area (Å²) in [4.78, 5) is 11.1. The van der Waals surface area contributed by atoms with Crippen molar-refractivity contribution in [1.29, 1.82) is 0 Å². The van der Waals surface area contributed by atoms with Gasteiger partial charge in [-0.1, -0.05) is 0 Å². The van der Waals surface area contributed by atoms with E-state index < -0.39 is 5.91 Å². The third-order valence-electron chi connectivity index (χ3n) is 6.77. The molecule has 11 nitrogen and oxygen atoms in total. The maximum atomic E-state index is 9.20. The number of fused-ring (bicyclic) bond motifs is 2. The summed E-state index contributed by atoms with van der Waals surface area (Å²) in [6.45, 7) is 8.72. The van der Waals surface area contributed by atoms with Gasteiger partial charge in [0.2, 0.25) is 11.8 Å². The summed E-state index contributed by atoms with van der Waals surface area (Å²) >= 11 is 0. The van der Waals surface area contributed by atoms with Crippen molar-refractivity contribution >= 4 is 22.4 Å². The number of rotatable bonds is 11. The highest BCUT2D eigenvalue weighted by Gasteiger charge is 2.39. The van der Waals surface area contributed by atoms with Gasteiger partial charge in [-0.05, 0) is 45.4 Å². The van der Waals surface area contributed by atoms with Crippen LogP contribution >= 0.6 is 0 Å². The fourth-order valence-electron chi connectivity index (χ4n) is 4.92. The number of imidazole rings is 1. The zero-order valence-electron chi connectivity index (χ0n) is 23.5. The topological polar surface area (TPSA) is 119 Å². The molecule has 0 amide bonds. The van der Waals surface area contributed by atoms with Crippen molar-refractivity contribution in [3.8, 4) is 17.3 Å². The predicted octanol–water partition coefficient (Wildman–Crippen LogP) is 3.99. The molecule has 1 aliphatic rings. The lowest BCUT2D eigenvalue weighted by atomic mass is 9.89. The number of hydrogen-bond acceptors (Lipinski definition) is 10. The molecule has 4 heterocycles. The maximum Gasteiger partial charge on any atom is 0.232 e. The Morgan fingerprint density at radius 2 is 1.97 bits per heavy atom. The van der Waals surface area contributed by atoms with E-state index in [1.807, 2.05) is 63.9 Å². The molecule has 4 aromatic rings. The molecule has 11 heteroatoms. The summed E-state index contributed by atoms with van der Waals surface area (Å²) in [5.41, 5.74) is 1.80. The zero-order chi connectivity index (χ0) is 27.8. The van der Waals surface area contributed by atoms with E-state index in [1.54, 1.807) is 24.0 Å². The minimum atomic E-state index is -0.869. The number of aliphatic hydroxyl groups excluding tert-OH is 1. The monoisotopic (exact) mass is 538 g/mol. The van der Waals surface area contributed by atoms with Gasteiger partial charge in [0, 0.05) is 65.4 Å². The van der Waals surface area contributed by atoms with Crippen molar-refractivity contribution in [2.45, 2.75) is 70.6 Å². The van der Waals surface area contributed by atoms with Gasteiger partial charge in [-0.2, -0.15) is 0 Å². The summed E-state index contributed by atoms with van der Waals surface area (Å²) < 4.78 is 25.8. The molecule has 0 saturated heterocycles. The second-order valence-corrected chi connectivity index (χ2v) is 11.2. The van der Waals surface area contributed by atoms with Gasteiger partial charge in [-0.3, -0.25) is 5.32 Å². The van der Waals surface area contributed by atoms with Gasteiger partial charge >= 0.3 is 0 Å². The number of furan rings is 1. The highest BCUT2D eigenvalue weighted by molar-refractivity contribution is 5.91. The average Bonchev–Trinajstić information content (AvgIpc) is 3.48. The second kappa shape index (κ2) is 10.7. The Labute approximate surface area is 228 Å². The molecule has 5 rings (SSSR count). The molecule has 0 radical (unpaired) electrons. The third kappa shape index (κ3) is 6.01. The number of methoxy groups -OCH3 is 1. The molecular weight excluding hydrogens is 500 g/mol. The Balaban J connectivity index is 1.30. The molecule has 39 heavy (non-hydrogen) atoms. The Morgan fingerprint density at radius 1 is 1.18 bits per heavy atom. The Morgan fingerprint density at radius 3 is 2.69 bits per heavy atom. The average molecular weight is 539 g/mol. The first-order chi connectivity index (χ1) is 18.6. The quantitative estimate of drug-likeness (QED) is 0.271. The Kier molecular flexibility index (Phi) is 7.51. The van der Waals surface area contributed by atoms with Crippen LogP contribution in [0.15, 0.2) is 41.1 Å². The van der Waals surface area contributed by atoms with Crippen molar-refractivity contribution in [2.75, 3.05) is 32.2 Å². The smallest absolute Gasteiger partial charge is 0.232 e. The minimum absolute atomic E-state index is 0.0319. The van der Waals surface area contributed by atoms with Crippen molar-refractivity contribution < 1.29 is 23.7 Å². The van der Waals surface area contributed by atoms with Gasteiger partial charge in [0.1, 0.15) is 23.2 Å². The molecule has 1 aliphatic carbocycles. The SMILES string of the molecule is COC(C)(N[C@H]1C[C@H](Oc2ccc3ncc(-c4cc5c(N(C)CCCO)nccc5o4)n3n2)C1)OC(C)(C)C. The van der Waals surface area contributed by atoms with Crippen LogP contribution in [-0.2, 0) is 9.47 Å². The van der Waals surface area contributed by atoms with Crippen molar-refractivity contribution in [1.82, 2.24) is 24.9 Å². The Hall–Kier alpha value is -3.25. The van der Waals surface area contributed by atoms with E-state index >= 15 is 0 Å². The van der Waals surface area contributed by atoms with Crippen LogP contribution < -0.4 is 15.0 Å². The largest absolute Gasteiger partial charge is 0.473 e. The molecule has 0 aromatic carbocycles. The first-order valence-electron chi connectivity index (χ1n) is 13.3. The summed E-state index contributed by atoms with van der Waals surface area (Å²) in [6, 6.07) is 7.74. The zero-order valence-corrected chi connectivity index (χ0v) is 23.5. The molecule has 1 fully saturated rings. The molecule has 0 spiro atoms. The molecule has 1 saturated carbocycles. The molecule has 4 aromatic heterocycles. The van der Waals surface area contributed by atoms with Crippen LogP contribution in [0.3, 0.4) is 0 Å². The van der Waals surface area contributed by atoms with Crippen LogP contribution in [0, 0.1) is 0 Å². The van der Waals surface area contributed by atoms with Crippen molar-refractivity contribution in [3.05, 3.63) is 36.7 Å². The van der Waals surface area contributed by atoms with Gasteiger partial charge < -0.3 is 28.6 Å². The molecule has 0 bridgehead atoms. The summed E-state index contributed by atoms with van der Waals surface area (Å²) in [5, 5.41) is 18.3. The highest BCUT2D eigenvalue weighted by Crippen LogP contribution is 2.33. The summed E-state index contributed by atoms with van der Waals surface area (Å²) in [7, 11) is 3.60. The molecule has 2 N–H and O–H groups in total. The van der Waals surface area contributed by atoms with Gasteiger partial charge in [-0.15, -0.1) is 5.10 Å². The Bertz CT molecular complexity index is 1420. The van der Waals surface area contributed by atoms with E-state index in [9.17, 15) is 5.11 Å². The van der Waals surface area contributed by atoms with Crippen molar-refractivity contribution in [3.63, 3.8) is 0 Å². The fourth-order valence-corrected chi connectivity index (χ4v) is 4.92. The number of nitrogens with zero attached hydrogens (tertiary/aromatic N) is 5. The first-order valence-corrected chi connectivity index (χ1v) is 13.3. The van der Waals surface area contributed by atoms with E-state index in [1.165, 1.54) is 0 Å². The standard InChI is InChI=1S/C28H38N6O5/c1-27(2,3)39-28(4,36-6)31-18-14-19(15-18)37-25-9-8-24-30-17-21(34(24)32-25)23-16-20-22(38-23)10-11-29-26(20)33(5)12-7-13-35/h8-11,16-19,31,35H,7,12-15H2,1-6H3/t18-,19-,28?. The van der Waals surface area contributed by atoms with Crippen LogP contribution in [0.25, 0.3) is 28.1 Å². The number of hydrogen-bond donors (Lipinski definition) is 2. The maximum absolute atomic E-state index is 9.20. The lowest BCUT2D eigenvalue weighted by Gasteiger charge is -2.43. The molecule has 1 unspecified atom stereocenters. The number of aromatic nitrogens is 4. The number of aliphatic hydroxyl groups is 1. The van der Waals surface area contributed by atoms with Crippen LogP contribution in [0.5, 0.6) is 5.88 Å². The van der Waals surface area contributed by atoms with Gasteiger partial charge in [-0.25, -0.2) is 14.5 Å².